The number of carbonyl (C=O) groups excluding carboxylic acids is 1. The van der Waals surface area contributed by atoms with Gasteiger partial charge in [0.1, 0.15) is 5.78 Å². The van der Waals surface area contributed by atoms with Gasteiger partial charge in [-0.2, -0.15) is 0 Å². The summed E-state index contributed by atoms with van der Waals surface area (Å²) in [5, 5.41) is 0. The molecule has 2 heteroatoms. The Morgan fingerprint density at radius 3 is 2.57 bits per heavy atom. The number of benzene rings is 1. The van der Waals surface area contributed by atoms with E-state index in [1.54, 1.807) is 0 Å². The molecule has 0 amide bonds. The third-order valence-electron chi connectivity index (χ3n) is 6.56. The first-order valence-corrected chi connectivity index (χ1v) is 11.2. The predicted molar refractivity (Wildman–Crippen MR) is 116 cm³/mol. The molecular weight excluding hydrogens is 342 g/mol. The standard InChI is InChI=1S/C26H35NO/c1-3-4-10-23-19-24-12-6-5-11-21(24)13-9-14-22(26(28)20(23)2)16-17-25-15-7-8-18-27-25/h5-8,11-12,15,18,20,22-23H,3-4,9-10,13-14,16-17,19H2,1-2H3. The average molecular weight is 378 g/mol. The Hall–Kier alpha value is -1.96. The highest BCUT2D eigenvalue weighted by molar-refractivity contribution is 5.83. The van der Waals surface area contributed by atoms with Crippen molar-refractivity contribution in [3.05, 3.63) is 65.5 Å². The van der Waals surface area contributed by atoms with E-state index >= 15 is 0 Å². The van der Waals surface area contributed by atoms with Gasteiger partial charge in [0, 0.05) is 23.7 Å². The average Bonchev–Trinajstić information content (AvgIpc) is 2.73. The molecule has 0 bridgehead atoms. The second-order valence-electron chi connectivity index (χ2n) is 8.52. The predicted octanol–water partition coefficient (Wildman–Crippen LogP) is 6.22. The van der Waals surface area contributed by atoms with Crippen LogP contribution < -0.4 is 0 Å². The Morgan fingerprint density at radius 2 is 1.82 bits per heavy atom. The molecule has 0 spiro atoms. The molecule has 0 saturated heterocycles. The Morgan fingerprint density at radius 1 is 1.04 bits per heavy atom. The molecule has 0 N–H and O–H groups in total. The third kappa shape index (κ3) is 5.53. The quantitative estimate of drug-likeness (QED) is 0.598. The van der Waals surface area contributed by atoms with Gasteiger partial charge in [-0.15, -0.1) is 0 Å². The van der Waals surface area contributed by atoms with E-state index in [1.807, 2.05) is 18.3 Å². The molecule has 1 aliphatic rings. The summed E-state index contributed by atoms with van der Waals surface area (Å²) in [6, 6.07) is 15.0. The number of Topliss-reactive ketones (excluding diaryl/α,β-unsaturated/α-hetero) is 1. The fourth-order valence-corrected chi connectivity index (χ4v) is 4.72. The lowest BCUT2D eigenvalue weighted by Gasteiger charge is -2.29. The van der Waals surface area contributed by atoms with Crippen LogP contribution in [0.15, 0.2) is 48.7 Å². The topological polar surface area (TPSA) is 30.0 Å². The number of pyridine rings is 1. The molecule has 0 fully saturated rings. The minimum Gasteiger partial charge on any atom is -0.299 e. The molecule has 150 valence electrons. The molecule has 0 radical (unpaired) electrons. The van der Waals surface area contributed by atoms with Crippen molar-refractivity contribution in [2.45, 2.75) is 71.6 Å². The number of aromatic nitrogens is 1. The van der Waals surface area contributed by atoms with Gasteiger partial charge in [-0.1, -0.05) is 57.0 Å². The maximum atomic E-state index is 13.4. The molecule has 0 saturated carbocycles. The maximum absolute atomic E-state index is 13.4. The lowest BCUT2D eigenvalue weighted by atomic mass is 9.74. The minimum atomic E-state index is 0.145. The Labute approximate surface area is 170 Å². The van der Waals surface area contributed by atoms with Crippen molar-refractivity contribution < 1.29 is 4.79 Å². The van der Waals surface area contributed by atoms with Crippen LogP contribution in [-0.4, -0.2) is 10.8 Å². The molecule has 3 rings (SSSR count). The number of nitrogens with zero attached hydrogens (tertiary/aromatic N) is 1. The van der Waals surface area contributed by atoms with Crippen molar-refractivity contribution in [3.8, 4) is 0 Å². The van der Waals surface area contributed by atoms with Crippen molar-refractivity contribution in [2.24, 2.45) is 17.8 Å². The van der Waals surface area contributed by atoms with Crippen LogP contribution in [0.3, 0.4) is 0 Å². The van der Waals surface area contributed by atoms with Crippen molar-refractivity contribution in [2.75, 3.05) is 0 Å². The molecule has 28 heavy (non-hydrogen) atoms. The zero-order valence-electron chi connectivity index (χ0n) is 17.6. The van der Waals surface area contributed by atoms with Crippen LogP contribution in [0.5, 0.6) is 0 Å². The number of carbonyl (C=O) groups is 1. The molecule has 3 atom stereocenters. The van der Waals surface area contributed by atoms with E-state index in [9.17, 15) is 4.79 Å². The summed E-state index contributed by atoms with van der Waals surface area (Å²) in [4.78, 5) is 17.9. The summed E-state index contributed by atoms with van der Waals surface area (Å²) in [5.74, 6) is 1.28. The first-order valence-electron chi connectivity index (χ1n) is 11.2. The molecule has 1 aromatic carbocycles. The minimum absolute atomic E-state index is 0.145. The Kier molecular flexibility index (Phi) is 7.82. The summed E-state index contributed by atoms with van der Waals surface area (Å²) >= 11 is 0. The number of aryl methyl sites for hydroxylation is 2. The smallest absolute Gasteiger partial charge is 0.139 e. The molecular formula is C26H35NO. The van der Waals surface area contributed by atoms with Crippen LogP contribution in [-0.2, 0) is 24.1 Å². The van der Waals surface area contributed by atoms with Crippen LogP contribution in [0.4, 0.5) is 0 Å². The first-order chi connectivity index (χ1) is 13.7. The van der Waals surface area contributed by atoms with E-state index in [0.29, 0.717) is 11.7 Å². The van der Waals surface area contributed by atoms with Gasteiger partial charge in [0.15, 0.2) is 0 Å². The van der Waals surface area contributed by atoms with E-state index < -0.39 is 0 Å². The number of hydrogen-bond donors (Lipinski definition) is 0. The largest absolute Gasteiger partial charge is 0.299 e. The van der Waals surface area contributed by atoms with Crippen LogP contribution in [0.25, 0.3) is 0 Å². The summed E-state index contributed by atoms with van der Waals surface area (Å²) in [5.41, 5.74) is 4.07. The van der Waals surface area contributed by atoms with Crippen molar-refractivity contribution >= 4 is 5.78 Å². The van der Waals surface area contributed by atoms with Crippen LogP contribution in [0.1, 0.15) is 69.2 Å². The third-order valence-corrected chi connectivity index (χ3v) is 6.56. The summed E-state index contributed by atoms with van der Waals surface area (Å²) in [7, 11) is 0. The van der Waals surface area contributed by atoms with Gasteiger partial charge in [-0.05, 0) is 74.1 Å². The molecule has 1 aliphatic carbocycles. The molecule has 1 aromatic heterocycles. The number of fused-ring (bicyclic) bond motifs is 1. The fourth-order valence-electron chi connectivity index (χ4n) is 4.72. The highest BCUT2D eigenvalue weighted by Gasteiger charge is 2.30. The second kappa shape index (κ2) is 10.5. The van der Waals surface area contributed by atoms with Gasteiger partial charge in [-0.25, -0.2) is 0 Å². The summed E-state index contributed by atoms with van der Waals surface area (Å²) < 4.78 is 0. The van der Waals surface area contributed by atoms with Crippen LogP contribution >= 0.6 is 0 Å². The van der Waals surface area contributed by atoms with Gasteiger partial charge in [0.05, 0.1) is 0 Å². The Balaban J connectivity index is 1.78. The van der Waals surface area contributed by atoms with Gasteiger partial charge in [0.2, 0.25) is 0 Å². The number of ketones is 1. The SMILES string of the molecule is CCCCC1Cc2ccccc2CCCC(CCc2ccccn2)C(=O)C1C. The van der Waals surface area contributed by atoms with Gasteiger partial charge in [0.25, 0.3) is 0 Å². The summed E-state index contributed by atoms with van der Waals surface area (Å²) in [6.45, 7) is 4.44. The number of unbranched alkanes of at least 4 members (excludes halogenated alkanes) is 1. The van der Waals surface area contributed by atoms with Crippen LogP contribution in [0.2, 0.25) is 0 Å². The first kappa shape index (κ1) is 20.8. The molecule has 2 nitrogen and oxygen atoms in total. The van der Waals surface area contributed by atoms with Crippen molar-refractivity contribution in [1.29, 1.82) is 0 Å². The van der Waals surface area contributed by atoms with E-state index in [2.05, 4.69) is 49.2 Å². The monoisotopic (exact) mass is 377 g/mol. The molecule has 0 aliphatic heterocycles. The molecule has 3 unspecified atom stereocenters. The van der Waals surface area contributed by atoms with Gasteiger partial charge in [-0.3, -0.25) is 9.78 Å². The molecule has 2 aromatic rings. The highest BCUT2D eigenvalue weighted by atomic mass is 16.1. The Bertz CT molecular complexity index is 739. The maximum Gasteiger partial charge on any atom is 0.139 e. The zero-order valence-corrected chi connectivity index (χ0v) is 17.6. The van der Waals surface area contributed by atoms with Crippen LogP contribution in [0, 0.1) is 17.8 Å². The molecule has 1 heterocycles. The van der Waals surface area contributed by atoms with E-state index in [-0.39, 0.29) is 11.8 Å². The van der Waals surface area contributed by atoms with Crippen molar-refractivity contribution in [1.82, 2.24) is 4.98 Å². The number of hydrogen-bond acceptors (Lipinski definition) is 2. The van der Waals surface area contributed by atoms with Gasteiger partial charge < -0.3 is 0 Å². The number of rotatable bonds is 6. The van der Waals surface area contributed by atoms with E-state index in [4.69, 9.17) is 0 Å². The van der Waals surface area contributed by atoms with E-state index in [1.165, 1.54) is 24.0 Å². The lowest BCUT2D eigenvalue weighted by Crippen LogP contribution is -2.30. The van der Waals surface area contributed by atoms with E-state index in [0.717, 1.165) is 50.6 Å². The normalized spacial score (nSPS) is 23.2. The van der Waals surface area contributed by atoms with Gasteiger partial charge >= 0.3 is 0 Å². The highest BCUT2D eigenvalue weighted by Crippen LogP contribution is 2.32. The second-order valence-corrected chi connectivity index (χ2v) is 8.52. The lowest BCUT2D eigenvalue weighted by molar-refractivity contribution is -0.128. The fraction of sp³-hybridized carbons (Fsp3) is 0.538. The summed E-state index contributed by atoms with van der Waals surface area (Å²) in [6.07, 6.45) is 11.5. The zero-order chi connectivity index (χ0) is 19.8. The van der Waals surface area contributed by atoms with Crippen molar-refractivity contribution in [3.63, 3.8) is 0 Å².